The van der Waals surface area contributed by atoms with Gasteiger partial charge in [-0.1, -0.05) is 31.9 Å². The average Bonchev–Trinajstić information content (AvgIpc) is 2.86. The molecule has 0 saturated carbocycles. The molecule has 17 heteroatoms. The molecule has 0 aliphatic rings. The van der Waals surface area contributed by atoms with Crippen molar-refractivity contribution in [1.29, 1.82) is 0 Å². The molecule has 0 heterocycles. The lowest BCUT2D eigenvalue weighted by Crippen LogP contribution is -2.14. The summed E-state index contributed by atoms with van der Waals surface area (Å²) in [7, 11) is 7.02. The highest BCUT2D eigenvalue weighted by atomic mass is 79.9. The minimum atomic E-state index is -4.54. The maximum absolute atomic E-state index is 12.5. The van der Waals surface area contributed by atoms with Gasteiger partial charge in [0, 0.05) is 27.6 Å². The van der Waals surface area contributed by atoms with Gasteiger partial charge in [-0.2, -0.15) is 39.5 Å². The van der Waals surface area contributed by atoms with Crippen LogP contribution in [-0.4, -0.2) is 55.4 Å². The molecule has 3 aromatic rings. The number of benzene rings is 3. The molecule has 0 fully saturated rings. The van der Waals surface area contributed by atoms with E-state index in [2.05, 4.69) is 31.9 Å². The molecule has 0 radical (unpaired) electrons. The second-order valence-corrected chi connectivity index (χ2v) is 11.8. The van der Waals surface area contributed by atoms with Crippen LogP contribution in [0.2, 0.25) is 0 Å². The highest BCUT2D eigenvalue weighted by Crippen LogP contribution is 2.33. The Labute approximate surface area is 282 Å². The van der Waals surface area contributed by atoms with Crippen LogP contribution in [-0.2, 0) is 31.6 Å². The van der Waals surface area contributed by atoms with E-state index in [-0.39, 0.29) is 34.6 Å². The fraction of sp³-hybridized carbons (Fsp3) is 0.310. The summed E-state index contributed by atoms with van der Waals surface area (Å²) >= 11 is 5.96. The van der Waals surface area contributed by atoms with E-state index in [1.807, 2.05) is 19.0 Å². The average molecular weight is 819 g/mol. The number of carbonyl (C=O) groups is 2. The smallest absolute Gasteiger partial charge is 0.416 e. The summed E-state index contributed by atoms with van der Waals surface area (Å²) in [5, 5.41) is 8.75. The first kappa shape index (κ1) is 43.3. The molecular weight excluding hydrogens is 791 g/mol. The van der Waals surface area contributed by atoms with Gasteiger partial charge in [0.2, 0.25) is 0 Å². The number of hydrogen-bond donors (Lipinski definition) is 1. The molecule has 0 aliphatic carbocycles. The van der Waals surface area contributed by atoms with Crippen molar-refractivity contribution in [2.24, 2.45) is 0 Å². The molecule has 0 aromatic heterocycles. The molecule has 1 N–H and O–H groups in total. The number of carboxylic acids is 1. The van der Waals surface area contributed by atoms with Gasteiger partial charge in [-0.3, -0.25) is 4.79 Å². The van der Waals surface area contributed by atoms with Crippen molar-refractivity contribution >= 4 is 56.5 Å². The Morgan fingerprint density at radius 2 is 1.02 bits per heavy atom. The Morgan fingerprint density at radius 3 is 1.39 bits per heavy atom. The van der Waals surface area contributed by atoms with Crippen LogP contribution in [0.5, 0.6) is 0 Å². The van der Waals surface area contributed by atoms with E-state index >= 15 is 0 Å². The molecule has 46 heavy (non-hydrogen) atoms. The molecule has 5 nitrogen and oxygen atoms in total. The summed E-state index contributed by atoms with van der Waals surface area (Å²) in [6.07, 6.45) is -12.9. The number of rotatable bonds is 6. The van der Waals surface area contributed by atoms with Crippen molar-refractivity contribution in [2.75, 3.05) is 28.2 Å². The zero-order valence-corrected chi connectivity index (χ0v) is 28.4. The largest absolute Gasteiger partial charge is 0.478 e. The van der Waals surface area contributed by atoms with Crippen LogP contribution in [0, 0.1) is 0 Å². The molecular formula is C29H28Br2ClF9N2O3. The second-order valence-electron chi connectivity index (χ2n) is 9.93. The van der Waals surface area contributed by atoms with Crippen LogP contribution in [0.4, 0.5) is 39.5 Å². The maximum atomic E-state index is 12.5. The summed E-state index contributed by atoms with van der Waals surface area (Å²) in [5.41, 5.74) is -1.77. The van der Waals surface area contributed by atoms with Crippen molar-refractivity contribution in [3.05, 3.63) is 102 Å². The van der Waals surface area contributed by atoms with Gasteiger partial charge in [-0.15, -0.1) is 12.4 Å². The van der Waals surface area contributed by atoms with Gasteiger partial charge in [0.25, 0.3) is 0 Å². The quantitative estimate of drug-likeness (QED) is 0.199. The standard InChI is InChI=1S/C11H12F3NO2.C10H11BrF3N.C8H4BrF3O.ClH/c1-15(2)6-7-3-8(10(16)17)5-9(4-7)11(12,13)14;1-15(2)6-7-3-8(10(12,13)14)5-9(11)4-7;9-7-2-5(4-13)1-6(3-7)8(10,11)12;/h3-5H,6H2,1-2H3,(H,16,17);3-5H,6H2,1-2H3;1-4H;1H. The van der Waals surface area contributed by atoms with E-state index in [1.165, 1.54) is 18.2 Å². The summed E-state index contributed by atoms with van der Waals surface area (Å²) < 4.78 is 112. The van der Waals surface area contributed by atoms with Gasteiger partial charge in [0.15, 0.2) is 0 Å². The van der Waals surface area contributed by atoms with Gasteiger partial charge in [-0.05, 0) is 93.9 Å². The molecule has 256 valence electrons. The fourth-order valence-corrected chi connectivity index (χ4v) is 4.60. The summed E-state index contributed by atoms with van der Waals surface area (Å²) in [5.74, 6) is -1.36. The highest BCUT2D eigenvalue weighted by molar-refractivity contribution is 9.10. The lowest BCUT2D eigenvalue weighted by Gasteiger charge is -2.13. The minimum Gasteiger partial charge on any atom is -0.478 e. The second kappa shape index (κ2) is 18.0. The van der Waals surface area contributed by atoms with Gasteiger partial charge in [0.1, 0.15) is 6.29 Å². The highest BCUT2D eigenvalue weighted by Gasteiger charge is 2.33. The van der Waals surface area contributed by atoms with Crippen LogP contribution in [0.3, 0.4) is 0 Å². The lowest BCUT2D eigenvalue weighted by molar-refractivity contribution is -0.138. The number of aromatic carboxylic acids is 1. The molecule has 0 spiro atoms. The monoisotopic (exact) mass is 816 g/mol. The van der Waals surface area contributed by atoms with E-state index in [9.17, 15) is 49.1 Å². The Morgan fingerprint density at radius 1 is 0.652 bits per heavy atom. The summed E-state index contributed by atoms with van der Waals surface area (Å²) in [4.78, 5) is 24.5. The number of hydrogen-bond acceptors (Lipinski definition) is 4. The third-order valence-electron chi connectivity index (χ3n) is 5.23. The zero-order valence-electron chi connectivity index (χ0n) is 24.4. The lowest BCUT2D eigenvalue weighted by atomic mass is 10.0. The Bertz CT molecular complexity index is 1460. The first-order valence-corrected chi connectivity index (χ1v) is 13.9. The number of carbonyl (C=O) groups excluding carboxylic acids is 1. The summed E-state index contributed by atoms with van der Waals surface area (Å²) in [6, 6.07) is 9.84. The Balaban J connectivity index is 0.000000659. The molecule has 0 saturated heterocycles. The Hall–Kier alpha value is -2.66. The SMILES string of the molecule is CN(C)Cc1cc(Br)cc(C(F)(F)F)c1.CN(C)Cc1cc(C(=O)O)cc(C(F)(F)F)c1.Cl.O=Cc1cc(Br)cc(C(F)(F)F)c1. The third-order valence-corrected chi connectivity index (χ3v) is 6.15. The predicted molar refractivity (Wildman–Crippen MR) is 164 cm³/mol. The van der Waals surface area contributed by atoms with Crippen LogP contribution >= 0.6 is 44.3 Å². The van der Waals surface area contributed by atoms with Crippen LogP contribution < -0.4 is 0 Å². The number of nitrogens with zero attached hydrogens (tertiary/aromatic N) is 2. The minimum absolute atomic E-state index is 0. The number of aldehydes is 1. The van der Waals surface area contributed by atoms with Gasteiger partial charge < -0.3 is 14.9 Å². The normalized spacial score (nSPS) is 11.6. The number of halogens is 12. The van der Waals surface area contributed by atoms with Crippen LogP contribution in [0.1, 0.15) is 48.5 Å². The van der Waals surface area contributed by atoms with Crippen LogP contribution in [0.25, 0.3) is 0 Å². The topological polar surface area (TPSA) is 60.9 Å². The molecule has 3 rings (SSSR count). The first-order valence-electron chi connectivity index (χ1n) is 12.4. The first-order chi connectivity index (χ1) is 20.4. The van der Waals surface area contributed by atoms with E-state index < -0.39 is 41.2 Å². The molecule has 0 atom stereocenters. The zero-order chi connectivity index (χ0) is 34.9. The van der Waals surface area contributed by atoms with Crippen LogP contribution in [0.15, 0.2) is 63.5 Å². The van der Waals surface area contributed by atoms with Crippen molar-refractivity contribution in [2.45, 2.75) is 31.6 Å². The molecule has 0 aliphatic heterocycles. The van der Waals surface area contributed by atoms with Crippen molar-refractivity contribution in [3.63, 3.8) is 0 Å². The summed E-state index contributed by atoms with van der Waals surface area (Å²) in [6.45, 7) is 0.743. The molecule has 0 bridgehead atoms. The molecule has 3 aromatic carbocycles. The van der Waals surface area contributed by atoms with Crippen molar-refractivity contribution < 1.29 is 54.2 Å². The fourth-order valence-electron chi connectivity index (χ4n) is 3.55. The number of alkyl halides is 9. The van der Waals surface area contributed by atoms with E-state index in [1.54, 1.807) is 25.1 Å². The van der Waals surface area contributed by atoms with E-state index in [0.29, 0.717) is 34.5 Å². The third kappa shape index (κ3) is 15.8. The maximum Gasteiger partial charge on any atom is 0.416 e. The molecule has 0 amide bonds. The molecule has 0 unspecified atom stereocenters. The van der Waals surface area contributed by atoms with Crippen molar-refractivity contribution in [3.8, 4) is 0 Å². The van der Waals surface area contributed by atoms with Gasteiger partial charge in [-0.25, -0.2) is 4.79 Å². The van der Waals surface area contributed by atoms with Crippen molar-refractivity contribution in [1.82, 2.24) is 9.80 Å². The van der Waals surface area contributed by atoms with Gasteiger partial charge in [0.05, 0.1) is 22.3 Å². The predicted octanol–water partition coefficient (Wildman–Crippen LogP) is 9.70. The number of carboxylic acid groups (broad SMARTS) is 1. The van der Waals surface area contributed by atoms with Gasteiger partial charge >= 0.3 is 24.5 Å². The van der Waals surface area contributed by atoms with E-state index in [4.69, 9.17) is 5.11 Å². The Kier molecular flexibility index (Phi) is 17.0. The van der Waals surface area contributed by atoms with E-state index in [0.717, 1.165) is 24.3 Å².